The zero-order chi connectivity index (χ0) is 16.5. The molecule has 0 radical (unpaired) electrons. The summed E-state index contributed by atoms with van der Waals surface area (Å²) in [5, 5.41) is 9.11. The Hall–Kier alpha value is -3.00. The van der Waals surface area contributed by atoms with Crippen LogP contribution < -0.4 is 0 Å². The molecule has 1 aliphatic carbocycles. The fraction of sp³-hybridized carbons (Fsp3) is 0.211. The summed E-state index contributed by atoms with van der Waals surface area (Å²) >= 11 is 0. The number of benzene rings is 1. The molecule has 1 N–H and O–H groups in total. The van der Waals surface area contributed by atoms with Crippen molar-refractivity contribution in [3.63, 3.8) is 0 Å². The summed E-state index contributed by atoms with van der Waals surface area (Å²) in [4.78, 5) is 12.5. The summed E-state index contributed by atoms with van der Waals surface area (Å²) in [6.07, 6.45) is 5.00. The van der Waals surface area contributed by atoms with E-state index in [9.17, 15) is 4.39 Å². The number of nitriles is 1. The van der Waals surface area contributed by atoms with E-state index in [1.165, 1.54) is 25.0 Å². The second-order valence-electron chi connectivity index (χ2n) is 6.10. The minimum absolute atomic E-state index is 0.279. The van der Waals surface area contributed by atoms with Crippen LogP contribution in [0.2, 0.25) is 0 Å². The Morgan fingerprint density at radius 1 is 1.21 bits per heavy atom. The van der Waals surface area contributed by atoms with Crippen LogP contribution in [0.15, 0.2) is 42.6 Å². The van der Waals surface area contributed by atoms with Gasteiger partial charge in [-0.3, -0.25) is 4.98 Å². The van der Waals surface area contributed by atoms with Gasteiger partial charge in [0, 0.05) is 18.2 Å². The Kier molecular flexibility index (Phi) is 3.58. The van der Waals surface area contributed by atoms with Crippen molar-refractivity contribution in [3.05, 3.63) is 59.8 Å². The number of hydrogen-bond donors (Lipinski definition) is 1. The van der Waals surface area contributed by atoms with E-state index in [1.807, 2.05) is 0 Å². The van der Waals surface area contributed by atoms with E-state index in [0.717, 1.165) is 29.2 Å². The van der Waals surface area contributed by atoms with E-state index in [1.54, 1.807) is 30.5 Å². The second-order valence-corrected chi connectivity index (χ2v) is 6.10. The molecular weight excluding hydrogens is 303 g/mol. The number of H-pyrrole nitrogens is 1. The highest BCUT2D eigenvalue weighted by atomic mass is 19.1. The van der Waals surface area contributed by atoms with Crippen LogP contribution in [0.5, 0.6) is 0 Å². The van der Waals surface area contributed by atoms with Crippen molar-refractivity contribution < 1.29 is 4.39 Å². The number of pyridine rings is 1. The highest BCUT2D eigenvalue weighted by molar-refractivity contribution is 5.77. The van der Waals surface area contributed by atoms with Gasteiger partial charge < -0.3 is 4.98 Å². The van der Waals surface area contributed by atoms with Gasteiger partial charge in [-0.2, -0.15) is 5.26 Å². The van der Waals surface area contributed by atoms with Gasteiger partial charge in [-0.25, -0.2) is 9.37 Å². The lowest BCUT2D eigenvalue weighted by molar-refractivity contribution is 0.628. The lowest BCUT2D eigenvalue weighted by atomic mass is 10.1. The van der Waals surface area contributed by atoms with Gasteiger partial charge in [-0.1, -0.05) is 0 Å². The van der Waals surface area contributed by atoms with Crippen molar-refractivity contribution in [2.24, 2.45) is 5.92 Å². The third kappa shape index (κ3) is 2.91. The molecule has 0 amide bonds. The van der Waals surface area contributed by atoms with Crippen molar-refractivity contribution in [2.75, 3.05) is 0 Å². The van der Waals surface area contributed by atoms with Crippen LogP contribution in [-0.4, -0.2) is 15.0 Å². The molecule has 1 fully saturated rings. The molecule has 4 nitrogen and oxygen atoms in total. The van der Waals surface area contributed by atoms with Crippen molar-refractivity contribution in [2.45, 2.75) is 19.3 Å². The zero-order valence-electron chi connectivity index (χ0n) is 13.0. The molecule has 118 valence electrons. The largest absolute Gasteiger partial charge is 0.340 e. The van der Waals surface area contributed by atoms with Crippen LogP contribution >= 0.6 is 0 Å². The van der Waals surface area contributed by atoms with Crippen molar-refractivity contribution >= 4 is 0 Å². The molecule has 5 heteroatoms. The Morgan fingerprint density at radius 3 is 2.71 bits per heavy atom. The molecule has 4 rings (SSSR count). The maximum absolute atomic E-state index is 13.2. The first-order valence-corrected chi connectivity index (χ1v) is 7.94. The number of imidazole rings is 1. The van der Waals surface area contributed by atoms with E-state index in [-0.39, 0.29) is 5.82 Å². The van der Waals surface area contributed by atoms with E-state index < -0.39 is 0 Å². The van der Waals surface area contributed by atoms with Gasteiger partial charge in [-0.05, 0) is 55.2 Å². The van der Waals surface area contributed by atoms with Crippen LogP contribution in [0.3, 0.4) is 0 Å². The summed E-state index contributed by atoms with van der Waals surface area (Å²) in [5.74, 6) is 1.33. The molecule has 0 unspecified atom stereocenters. The monoisotopic (exact) mass is 318 g/mol. The second kappa shape index (κ2) is 5.89. The molecule has 1 aliphatic rings. The van der Waals surface area contributed by atoms with Gasteiger partial charge in [0.25, 0.3) is 0 Å². The fourth-order valence-corrected chi connectivity index (χ4v) is 2.75. The van der Waals surface area contributed by atoms with Crippen molar-refractivity contribution in [3.8, 4) is 28.7 Å². The maximum atomic E-state index is 13.2. The molecule has 0 atom stereocenters. The molecule has 0 bridgehead atoms. The highest BCUT2D eigenvalue weighted by Gasteiger charge is 2.24. The molecule has 1 saturated carbocycles. The lowest BCUT2D eigenvalue weighted by Crippen LogP contribution is -1.90. The number of aromatic nitrogens is 3. The predicted octanol–water partition coefficient (Wildman–Crippen LogP) is 4.10. The van der Waals surface area contributed by atoms with Gasteiger partial charge in [0.05, 0.1) is 28.7 Å². The smallest absolute Gasteiger partial charge is 0.123 e. The number of rotatable bonds is 4. The first kappa shape index (κ1) is 14.6. The average Bonchev–Trinajstić information content (AvgIpc) is 3.32. The number of nitrogens with one attached hydrogen (secondary N) is 1. The van der Waals surface area contributed by atoms with E-state index in [0.29, 0.717) is 17.2 Å². The van der Waals surface area contributed by atoms with Crippen LogP contribution in [0, 0.1) is 23.1 Å². The highest BCUT2D eigenvalue weighted by Crippen LogP contribution is 2.35. The minimum atomic E-state index is -0.279. The van der Waals surface area contributed by atoms with Gasteiger partial charge in [0.15, 0.2) is 0 Å². The Balaban J connectivity index is 1.82. The molecule has 2 heterocycles. The third-order valence-corrected chi connectivity index (χ3v) is 4.19. The first-order valence-electron chi connectivity index (χ1n) is 7.94. The van der Waals surface area contributed by atoms with Crippen LogP contribution in [-0.2, 0) is 6.42 Å². The van der Waals surface area contributed by atoms with E-state index >= 15 is 0 Å². The molecular formula is C19H15FN4. The predicted molar refractivity (Wildman–Crippen MR) is 88.4 cm³/mol. The van der Waals surface area contributed by atoms with Gasteiger partial charge in [-0.15, -0.1) is 0 Å². The summed E-state index contributed by atoms with van der Waals surface area (Å²) in [5.41, 5.74) is 3.56. The summed E-state index contributed by atoms with van der Waals surface area (Å²) in [6, 6.07) is 11.8. The summed E-state index contributed by atoms with van der Waals surface area (Å²) < 4.78 is 13.2. The first-order chi connectivity index (χ1) is 11.7. The average molecular weight is 318 g/mol. The van der Waals surface area contributed by atoms with E-state index in [2.05, 4.69) is 16.0 Å². The molecule has 2 aromatic heterocycles. The third-order valence-electron chi connectivity index (χ3n) is 4.19. The maximum Gasteiger partial charge on any atom is 0.123 e. The van der Waals surface area contributed by atoms with Crippen LogP contribution in [0.1, 0.15) is 24.2 Å². The Labute approximate surface area is 139 Å². The normalized spacial score (nSPS) is 13.7. The Bertz CT molecular complexity index is 917. The molecule has 24 heavy (non-hydrogen) atoms. The topological polar surface area (TPSA) is 65.4 Å². The molecule has 1 aromatic carbocycles. The van der Waals surface area contributed by atoms with Crippen molar-refractivity contribution in [1.29, 1.82) is 5.26 Å². The van der Waals surface area contributed by atoms with E-state index in [4.69, 9.17) is 10.2 Å². The Morgan fingerprint density at radius 2 is 2.00 bits per heavy atom. The van der Waals surface area contributed by atoms with Gasteiger partial charge in [0.1, 0.15) is 11.6 Å². The van der Waals surface area contributed by atoms with Crippen LogP contribution in [0.25, 0.3) is 22.6 Å². The van der Waals surface area contributed by atoms with Gasteiger partial charge in [0.2, 0.25) is 0 Å². The quantitative estimate of drug-likeness (QED) is 0.787. The number of hydrogen-bond acceptors (Lipinski definition) is 3. The number of aromatic amines is 1. The fourth-order valence-electron chi connectivity index (χ4n) is 2.75. The summed E-state index contributed by atoms with van der Waals surface area (Å²) in [6.45, 7) is 0. The SMILES string of the molecule is N#Cc1ccnc(-c2[nH]c(CC3CC3)nc2-c2ccc(F)cc2)c1. The minimum Gasteiger partial charge on any atom is -0.340 e. The standard InChI is InChI=1S/C19H15FN4/c20-15-5-3-14(4-6-15)18-19(16-9-13(11-21)7-8-22-16)24-17(23-18)10-12-1-2-12/h3-9,12H,1-2,10H2,(H,23,24). The lowest BCUT2D eigenvalue weighted by Gasteiger charge is -2.03. The zero-order valence-corrected chi connectivity index (χ0v) is 13.0. The number of nitrogens with zero attached hydrogens (tertiary/aromatic N) is 3. The summed E-state index contributed by atoms with van der Waals surface area (Å²) in [7, 11) is 0. The molecule has 0 saturated heterocycles. The molecule has 0 aliphatic heterocycles. The molecule has 3 aromatic rings. The van der Waals surface area contributed by atoms with Crippen molar-refractivity contribution in [1.82, 2.24) is 15.0 Å². The van der Waals surface area contributed by atoms with Crippen LogP contribution in [0.4, 0.5) is 4.39 Å². The molecule has 0 spiro atoms. The number of halogens is 1. The van der Waals surface area contributed by atoms with Gasteiger partial charge >= 0.3 is 0 Å².